The van der Waals surface area contributed by atoms with Crippen LogP contribution in [0.4, 0.5) is 0 Å². The van der Waals surface area contributed by atoms with Gasteiger partial charge in [-0.1, -0.05) is 20.8 Å². The number of likely N-dealkylation sites (N-methyl/N-ethyl adjacent to an activating group) is 1. The van der Waals surface area contributed by atoms with E-state index < -0.39 is 0 Å². The van der Waals surface area contributed by atoms with Gasteiger partial charge >= 0.3 is 0 Å². The Hall–Kier alpha value is -1.10. The summed E-state index contributed by atoms with van der Waals surface area (Å²) in [6.07, 6.45) is 1.67. The molecule has 0 bridgehead atoms. The molecule has 1 heterocycles. The summed E-state index contributed by atoms with van der Waals surface area (Å²) in [6, 6.07) is 0. The van der Waals surface area contributed by atoms with Gasteiger partial charge in [0.05, 0.1) is 6.54 Å². The fourth-order valence-corrected chi connectivity index (χ4v) is 2.31. The van der Waals surface area contributed by atoms with E-state index in [9.17, 15) is 9.59 Å². The Morgan fingerprint density at radius 2 is 1.89 bits per heavy atom. The number of nitrogens with zero attached hydrogens (tertiary/aromatic N) is 1. The second-order valence-electron chi connectivity index (χ2n) is 6.17. The Labute approximate surface area is 116 Å². The zero-order valence-electron chi connectivity index (χ0n) is 12.6. The highest BCUT2D eigenvalue weighted by Gasteiger charge is 2.36. The number of rotatable bonds is 5. The highest BCUT2D eigenvalue weighted by Crippen LogP contribution is 2.29. The van der Waals surface area contributed by atoms with Crippen molar-refractivity contribution in [2.75, 3.05) is 33.2 Å². The lowest BCUT2D eigenvalue weighted by atomic mass is 9.80. The van der Waals surface area contributed by atoms with Crippen molar-refractivity contribution < 1.29 is 9.59 Å². The van der Waals surface area contributed by atoms with Crippen LogP contribution in [0.15, 0.2) is 0 Å². The lowest BCUT2D eigenvalue weighted by Crippen LogP contribution is -2.49. The van der Waals surface area contributed by atoms with Gasteiger partial charge in [0, 0.05) is 19.0 Å². The number of hydrogen-bond acceptors (Lipinski definition) is 3. The average Bonchev–Trinajstić information content (AvgIpc) is 2.36. The molecule has 0 aromatic heterocycles. The van der Waals surface area contributed by atoms with Gasteiger partial charge in [-0.25, -0.2) is 0 Å². The van der Waals surface area contributed by atoms with Crippen LogP contribution in [-0.2, 0) is 9.59 Å². The second-order valence-corrected chi connectivity index (χ2v) is 6.17. The monoisotopic (exact) mass is 269 g/mol. The maximum absolute atomic E-state index is 12.4. The van der Waals surface area contributed by atoms with Crippen LogP contribution in [0.2, 0.25) is 0 Å². The summed E-state index contributed by atoms with van der Waals surface area (Å²) in [4.78, 5) is 25.7. The maximum Gasteiger partial charge on any atom is 0.239 e. The van der Waals surface area contributed by atoms with Crippen molar-refractivity contribution in [3.05, 3.63) is 0 Å². The van der Waals surface area contributed by atoms with Crippen LogP contribution in [0.3, 0.4) is 0 Å². The van der Waals surface area contributed by atoms with Gasteiger partial charge in [-0.05, 0) is 31.8 Å². The average molecular weight is 269 g/mol. The Bertz CT molecular complexity index is 323. The van der Waals surface area contributed by atoms with E-state index in [1.807, 2.05) is 20.8 Å². The predicted octanol–water partition coefficient (Wildman–Crippen LogP) is 0.607. The third-order valence-electron chi connectivity index (χ3n) is 3.66. The molecule has 0 atom stereocenters. The number of nitrogens with one attached hydrogen (secondary N) is 2. The highest BCUT2D eigenvalue weighted by atomic mass is 16.2. The Morgan fingerprint density at radius 3 is 2.42 bits per heavy atom. The van der Waals surface area contributed by atoms with E-state index in [1.165, 1.54) is 0 Å². The zero-order valence-corrected chi connectivity index (χ0v) is 12.6. The van der Waals surface area contributed by atoms with Crippen molar-refractivity contribution in [3.63, 3.8) is 0 Å². The quantitative estimate of drug-likeness (QED) is 0.768. The van der Waals surface area contributed by atoms with Crippen molar-refractivity contribution in [2.24, 2.45) is 11.3 Å². The summed E-state index contributed by atoms with van der Waals surface area (Å²) in [5, 5.41) is 6.10. The van der Waals surface area contributed by atoms with Crippen molar-refractivity contribution >= 4 is 11.8 Å². The molecule has 0 aliphatic carbocycles. The Morgan fingerprint density at radius 1 is 1.32 bits per heavy atom. The minimum atomic E-state index is -0.321. The van der Waals surface area contributed by atoms with E-state index in [4.69, 9.17) is 0 Å². The molecule has 110 valence electrons. The molecular formula is C14H27N3O2. The molecule has 5 heteroatoms. The molecule has 19 heavy (non-hydrogen) atoms. The van der Waals surface area contributed by atoms with E-state index in [1.54, 1.807) is 11.9 Å². The first kappa shape index (κ1) is 16.0. The van der Waals surface area contributed by atoms with E-state index in [-0.39, 0.29) is 23.8 Å². The van der Waals surface area contributed by atoms with Crippen molar-refractivity contribution in [2.45, 2.75) is 33.6 Å². The number of piperidine rings is 1. The summed E-state index contributed by atoms with van der Waals surface area (Å²) >= 11 is 0. The highest BCUT2D eigenvalue weighted by molar-refractivity contribution is 5.87. The van der Waals surface area contributed by atoms with E-state index >= 15 is 0 Å². The fourth-order valence-electron chi connectivity index (χ4n) is 2.31. The molecule has 2 N–H and O–H groups in total. The molecule has 0 unspecified atom stereocenters. The van der Waals surface area contributed by atoms with Crippen LogP contribution in [0, 0.1) is 11.3 Å². The van der Waals surface area contributed by atoms with Crippen molar-refractivity contribution in [1.29, 1.82) is 0 Å². The minimum Gasteiger partial charge on any atom is -0.354 e. The summed E-state index contributed by atoms with van der Waals surface area (Å²) in [7, 11) is 1.71. The van der Waals surface area contributed by atoms with Gasteiger partial charge in [-0.15, -0.1) is 0 Å². The van der Waals surface area contributed by atoms with E-state index in [0.29, 0.717) is 12.5 Å². The Kier molecular flexibility index (Phi) is 5.79. The lowest BCUT2D eigenvalue weighted by Gasteiger charge is -2.35. The van der Waals surface area contributed by atoms with Crippen LogP contribution in [0.5, 0.6) is 0 Å². The molecule has 1 saturated heterocycles. The van der Waals surface area contributed by atoms with Gasteiger partial charge in [0.2, 0.25) is 11.8 Å². The van der Waals surface area contributed by atoms with Crippen LogP contribution in [-0.4, -0.2) is 49.9 Å². The molecule has 1 fully saturated rings. The maximum atomic E-state index is 12.4. The summed E-state index contributed by atoms with van der Waals surface area (Å²) in [6.45, 7) is 8.64. The molecule has 1 aliphatic rings. The van der Waals surface area contributed by atoms with Crippen LogP contribution < -0.4 is 10.6 Å². The van der Waals surface area contributed by atoms with Crippen LogP contribution in [0.1, 0.15) is 33.6 Å². The second kappa shape index (κ2) is 6.89. The molecule has 1 aliphatic heterocycles. The smallest absolute Gasteiger partial charge is 0.239 e. The molecule has 1 rings (SSSR count). The summed E-state index contributed by atoms with van der Waals surface area (Å²) < 4.78 is 0. The minimum absolute atomic E-state index is 0.0775. The van der Waals surface area contributed by atoms with Crippen molar-refractivity contribution in [3.8, 4) is 0 Å². The summed E-state index contributed by atoms with van der Waals surface area (Å²) in [5.74, 6) is 0.419. The largest absolute Gasteiger partial charge is 0.354 e. The van der Waals surface area contributed by atoms with Gasteiger partial charge < -0.3 is 15.5 Å². The molecule has 0 spiro atoms. The third kappa shape index (κ3) is 4.82. The fraction of sp³-hybridized carbons (Fsp3) is 0.857. The van der Waals surface area contributed by atoms with Gasteiger partial charge in [0.25, 0.3) is 0 Å². The Balaban J connectivity index is 2.45. The predicted molar refractivity (Wildman–Crippen MR) is 75.7 cm³/mol. The molecule has 0 aromatic carbocycles. The first-order valence-corrected chi connectivity index (χ1v) is 7.08. The number of amides is 2. The van der Waals surface area contributed by atoms with E-state index in [2.05, 4.69) is 10.6 Å². The standard InChI is InChI=1S/C14H27N3O2/c1-11(2)9-16-12(18)10-17(4)13(19)14(3)5-7-15-8-6-14/h11,15H,5-10H2,1-4H3,(H,16,18). The first-order valence-electron chi connectivity index (χ1n) is 7.08. The molecular weight excluding hydrogens is 242 g/mol. The number of carbonyl (C=O) groups is 2. The third-order valence-corrected chi connectivity index (χ3v) is 3.66. The molecule has 0 saturated carbocycles. The molecule has 0 radical (unpaired) electrons. The topological polar surface area (TPSA) is 61.4 Å². The lowest BCUT2D eigenvalue weighted by molar-refractivity contribution is -0.144. The molecule has 0 aromatic rings. The van der Waals surface area contributed by atoms with Gasteiger partial charge in [0.1, 0.15) is 0 Å². The van der Waals surface area contributed by atoms with Crippen LogP contribution >= 0.6 is 0 Å². The van der Waals surface area contributed by atoms with Gasteiger partial charge in [-0.2, -0.15) is 0 Å². The first-order chi connectivity index (χ1) is 8.85. The van der Waals surface area contributed by atoms with Gasteiger partial charge in [0.15, 0.2) is 0 Å². The van der Waals surface area contributed by atoms with Gasteiger partial charge in [-0.3, -0.25) is 9.59 Å². The van der Waals surface area contributed by atoms with E-state index in [0.717, 1.165) is 25.9 Å². The number of hydrogen-bond donors (Lipinski definition) is 2. The molecule has 5 nitrogen and oxygen atoms in total. The SMILES string of the molecule is CC(C)CNC(=O)CN(C)C(=O)C1(C)CCNCC1. The number of carbonyl (C=O) groups excluding carboxylic acids is 2. The molecule has 2 amide bonds. The van der Waals surface area contributed by atoms with Crippen LogP contribution in [0.25, 0.3) is 0 Å². The van der Waals surface area contributed by atoms with Crippen molar-refractivity contribution in [1.82, 2.24) is 15.5 Å². The normalized spacial score (nSPS) is 18.2. The summed E-state index contributed by atoms with van der Waals surface area (Å²) in [5.41, 5.74) is -0.321. The zero-order chi connectivity index (χ0) is 14.5.